The van der Waals surface area contributed by atoms with Crippen molar-refractivity contribution in [2.24, 2.45) is 46.3 Å². The van der Waals surface area contributed by atoms with Gasteiger partial charge in [-0.15, -0.1) is 0 Å². The van der Waals surface area contributed by atoms with Gasteiger partial charge in [-0.25, -0.2) is 4.79 Å². The van der Waals surface area contributed by atoms with Gasteiger partial charge in [0, 0.05) is 26.1 Å². The van der Waals surface area contributed by atoms with Crippen molar-refractivity contribution in [3.8, 4) is 0 Å². The van der Waals surface area contributed by atoms with E-state index in [9.17, 15) is 14.4 Å². The van der Waals surface area contributed by atoms with Crippen LogP contribution >= 0.6 is 0 Å². The van der Waals surface area contributed by atoms with E-state index in [2.05, 4.69) is 61.5 Å². The summed E-state index contributed by atoms with van der Waals surface area (Å²) < 4.78 is 5.93. The number of nitrogens with zero attached hydrogens (tertiary/aromatic N) is 1. The van der Waals surface area contributed by atoms with E-state index in [-0.39, 0.29) is 11.5 Å². The number of rotatable bonds is 16. The molecule has 1 amide bonds. The number of unbranched alkanes of at least 4 members (excludes halogenated alkanes) is 1. The average molecular weight is 667 g/mol. The Morgan fingerprint density at radius 3 is 2.33 bits per heavy atom. The molecule has 270 valence electrons. The fraction of sp³-hybridized carbons (Fsp3) is 0.825. The van der Waals surface area contributed by atoms with E-state index in [0.717, 1.165) is 74.2 Å². The van der Waals surface area contributed by atoms with Crippen LogP contribution in [-0.2, 0) is 4.74 Å². The lowest BCUT2D eigenvalue weighted by atomic mass is 9.47. The van der Waals surface area contributed by atoms with Crippen molar-refractivity contribution in [2.75, 3.05) is 50.9 Å². The topological polar surface area (TPSA) is 99.8 Å². The fourth-order valence-corrected chi connectivity index (χ4v) is 10.8. The number of hydrogen-bond acceptors (Lipinski definition) is 7. The summed E-state index contributed by atoms with van der Waals surface area (Å²) in [6.07, 6.45) is 17.7. The van der Waals surface area contributed by atoms with E-state index in [1.807, 2.05) is 14.1 Å². The molecule has 0 saturated heterocycles. The highest BCUT2D eigenvalue weighted by Gasteiger charge is 2.59. The van der Waals surface area contributed by atoms with Crippen LogP contribution in [0.15, 0.2) is 21.2 Å². The molecule has 5 rings (SSSR count). The summed E-state index contributed by atoms with van der Waals surface area (Å²) in [6.45, 7) is 14.7. The number of amides is 1. The Balaban J connectivity index is 1.07. The Hall–Kier alpha value is -2.35. The molecule has 0 heterocycles. The van der Waals surface area contributed by atoms with Gasteiger partial charge in [-0.2, -0.15) is 0 Å². The monoisotopic (exact) mass is 667 g/mol. The molecule has 0 aromatic heterocycles. The van der Waals surface area contributed by atoms with Crippen LogP contribution in [0.25, 0.3) is 0 Å². The molecule has 4 aliphatic carbocycles. The van der Waals surface area contributed by atoms with Gasteiger partial charge in [0.2, 0.25) is 0 Å². The molecule has 8 heteroatoms. The Labute approximate surface area is 290 Å². The van der Waals surface area contributed by atoms with Crippen LogP contribution in [0.3, 0.4) is 0 Å². The van der Waals surface area contributed by atoms with Crippen molar-refractivity contribution in [3.63, 3.8) is 0 Å². The Morgan fingerprint density at radius 1 is 0.896 bits per heavy atom. The van der Waals surface area contributed by atoms with Crippen molar-refractivity contribution in [3.05, 3.63) is 32.1 Å². The number of anilines is 2. The highest BCUT2D eigenvalue weighted by atomic mass is 16.6. The largest absolute Gasteiger partial charge is 0.446 e. The minimum atomic E-state index is -0.497. The van der Waals surface area contributed by atoms with Gasteiger partial charge >= 0.3 is 6.09 Å². The second-order valence-electron chi connectivity index (χ2n) is 17.3. The number of ether oxygens (including phenoxy) is 1. The zero-order valence-electron chi connectivity index (χ0n) is 31.2. The normalized spacial score (nSPS) is 31.9. The van der Waals surface area contributed by atoms with Crippen molar-refractivity contribution in [1.29, 1.82) is 0 Å². The van der Waals surface area contributed by atoms with Gasteiger partial charge in [-0.1, -0.05) is 65.5 Å². The van der Waals surface area contributed by atoms with Crippen molar-refractivity contribution >= 4 is 17.5 Å². The minimum absolute atomic E-state index is 0.0953. The quantitative estimate of drug-likeness (QED) is 0.0950. The molecule has 3 fully saturated rings. The van der Waals surface area contributed by atoms with Crippen LogP contribution in [-0.4, -0.2) is 57.4 Å². The van der Waals surface area contributed by atoms with Gasteiger partial charge in [0.05, 0.1) is 0 Å². The van der Waals surface area contributed by atoms with Gasteiger partial charge in [0.15, 0.2) is 0 Å². The summed E-state index contributed by atoms with van der Waals surface area (Å²) in [4.78, 5) is 39.0. The Kier molecular flexibility index (Phi) is 12.1. The predicted molar refractivity (Wildman–Crippen MR) is 197 cm³/mol. The maximum absolute atomic E-state index is 12.8. The molecular weight excluding hydrogens is 600 g/mol. The second-order valence-corrected chi connectivity index (χ2v) is 17.3. The maximum atomic E-state index is 12.8. The van der Waals surface area contributed by atoms with Gasteiger partial charge in [-0.05, 0) is 125 Å². The van der Waals surface area contributed by atoms with Crippen molar-refractivity contribution < 1.29 is 9.53 Å². The summed E-state index contributed by atoms with van der Waals surface area (Å²) in [5, 5.41) is 8.99. The summed E-state index contributed by atoms with van der Waals surface area (Å²) in [5.74, 6) is 4.91. The minimum Gasteiger partial charge on any atom is -0.446 e. The number of carbonyl (C=O) groups is 1. The SMILES string of the molecule is CC(C)CCC[C@@H](C)[C@H]1CCC2C3CC=C4CC(OC(=O)NCCNc5c(NCCCCN(C)C)c(=O)c5=O)CC[C@]4(C)[C@H]3CCC21C. The number of allylic oxidation sites excluding steroid dienone is 1. The lowest BCUT2D eigenvalue weighted by Crippen LogP contribution is -2.51. The number of fused-ring (bicyclic) bond motifs is 5. The third-order valence-corrected chi connectivity index (χ3v) is 13.5. The average Bonchev–Trinajstić information content (AvgIpc) is 3.40. The van der Waals surface area contributed by atoms with Crippen molar-refractivity contribution in [1.82, 2.24) is 10.2 Å². The van der Waals surface area contributed by atoms with Gasteiger partial charge in [0.1, 0.15) is 17.5 Å². The fourth-order valence-electron chi connectivity index (χ4n) is 10.8. The van der Waals surface area contributed by atoms with Crippen LogP contribution < -0.4 is 26.8 Å². The molecule has 3 N–H and O–H groups in total. The Bertz CT molecular complexity index is 1350. The number of carbonyl (C=O) groups excluding carboxylic acids is 1. The van der Waals surface area contributed by atoms with E-state index in [0.29, 0.717) is 36.4 Å². The molecular formula is C40H66N4O4. The number of nitrogens with one attached hydrogen (secondary N) is 3. The van der Waals surface area contributed by atoms with E-state index >= 15 is 0 Å². The first-order valence-corrected chi connectivity index (χ1v) is 19.4. The van der Waals surface area contributed by atoms with Crippen LogP contribution in [0.4, 0.5) is 16.2 Å². The molecule has 8 atom stereocenters. The molecule has 1 aromatic rings. The first-order valence-electron chi connectivity index (χ1n) is 19.4. The van der Waals surface area contributed by atoms with E-state index < -0.39 is 17.0 Å². The van der Waals surface area contributed by atoms with Gasteiger partial charge < -0.3 is 25.6 Å². The lowest BCUT2D eigenvalue weighted by Gasteiger charge is -2.58. The summed E-state index contributed by atoms with van der Waals surface area (Å²) in [5.41, 5.74) is 1.97. The van der Waals surface area contributed by atoms with E-state index in [1.54, 1.807) is 0 Å². The Morgan fingerprint density at radius 2 is 1.62 bits per heavy atom. The van der Waals surface area contributed by atoms with Crippen molar-refractivity contribution in [2.45, 2.75) is 124 Å². The first kappa shape index (κ1) is 36.9. The molecule has 0 spiro atoms. The third-order valence-electron chi connectivity index (χ3n) is 13.5. The molecule has 8 nitrogen and oxygen atoms in total. The summed E-state index contributed by atoms with van der Waals surface area (Å²) in [7, 11) is 4.07. The van der Waals surface area contributed by atoms with Gasteiger partial charge in [-0.3, -0.25) is 9.59 Å². The second kappa shape index (κ2) is 15.7. The molecule has 4 unspecified atom stereocenters. The third kappa shape index (κ3) is 7.84. The highest BCUT2D eigenvalue weighted by molar-refractivity contribution is 5.74. The first-order chi connectivity index (χ1) is 22.8. The molecule has 0 aliphatic heterocycles. The number of hydrogen-bond donors (Lipinski definition) is 3. The van der Waals surface area contributed by atoms with Crippen LogP contribution in [0.1, 0.15) is 118 Å². The molecule has 0 radical (unpaired) electrons. The van der Waals surface area contributed by atoms with Crippen LogP contribution in [0, 0.1) is 46.3 Å². The van der Waals surface area contributed by atoms with E-state index in [4.69, 9.17) is 4.74 Å². The highest BCUT2D eigenvalue weighted by Crippen LogP contribution is 2.67. The van der Waals surface area contributed by atoms with Crippen LogP contribution in [0.2, 0.25) is 0 Å². The predicted octanol–water partition coefficient (Wildman–Crippen LogP) is 7.58. The molecule has 4 aliphatic rings. The van der Waals surface area contributed by atoms with Crippen LogP contribution in [0.5, 0.6) is 0 Å². The standard InChI is InChI=1S/C40H66N4O4/c1-26(2)11-10-12-27(3)31-15-16-32-30-14-13-28-25-29(17-19-39(28,4)33(30)18-20-40(31,32)5)48-38(47)43-23-22-42-35-34(36(45)37(35)46)41-21-8-9-24-44(6)7/h13,26-27,29-33,41-42H,8-12,14-25H2,1-7H3,(H,43,47)/t27-,29?,30?,31-,32?,33+,39+,40?/m1/s1. The summed E-state index contributed by atoms with van der Waals surface area (Å²) in [6, 6.07) is 0. The smallest absolute Gasteiger partial charge is 0.407 e. The summed E-state index contributed by atoms with van der Waals surface area (Å²) >= 11 is 0. The molecule has 1 aromatic carbocycles. The molecule has 48 heavy (non-hydrogen) atoms. The maximum Gasteiger partial charge on any atom is 0.407 e. The van der Waals surface area contributed by atoms with E-state index in [1.165, 1.54) is 56.9 Å². The molecule has 0 bridgehead atoms. The zero-order chi connectivity index (χ0) is 34.6. The van der Waals surface area contributed by atoms with Gasteiger partial charge in [0.25, 0.3) is 10.9 Å². The lowest BCUT2D eigenvalue weighted by molar-refractivity contribution is -0.0581. The molecule has 3 saturated carbocycles. The number of alkyl carbamates (subject to hydrolysis) is 1. The zero-order valence-corrected chi connectivity index (χ0v) is 31.2.